The molecule has 0 spiro atoms. The SMILES string of the molecule is Cc1ccc2c(c1)NC1CCNCC1C(=O)N2. The Hall–Kier alpha value is -1.55. The standard InChI is InChI=1S/C13H17N3O/c1-8-2-3-11-12(6-8)15-10-4-5-14-7-9(10)13(17)16-11/h2-3,6,9-10,14-15H,4-5,7H2,1H3,(H,16,17). The Morgan fingerprint density at radius 1 is 1.29 bits per heavy atom. The van der Waals surface area contributed by atoms with Crippen molar-refractivity contribution in [1.29, 1.82) is 0 Å². The zero-order chi connectivity index (χ0) is 11.8. The highest BCUT2D eigenvalue weighted by molar-refractivity contribution is 5.98. The van der Waals surface area contributed by atoms with Gasteiger partial charge in [0, 0.05) is 12.6 Å². The molecule has 4 heteroatoms. The monoisotopic (exact) mass is 231 g/mol. The Labute approximate surface area is 101 Å². The van der Waals surface area contributed by atoms with Crippen molar-refractivity contribution in [2.24, 2.45) is 5.92 Å². The molecule has 2 unspecified atom stereocenters. The molecule has 1 fully saturated rings. The molecule has 0 aromatic heterocycles. The van der Waals surface area contributed by atoms with Crippen LogP contribution >= 0.6 is 0 Å². The predicted molar refractivity (Wildman–Crippen MR) is 68.2 cm³/mol. The van der Waals surface area contributed by atoms with Crippen LogP contribution in [0.4, 0.5) is 11.4 Å². The van der Waals surface area contributed by atoms with E-state index < -0.39 is 0 Å². The summed E-state index contributed by atoms with van der Waals surface area (Å²) in [5, 5.41) is 9.80. The van der Waals surface area contributed by atoms with Gasteiger partial charge in [-0.05, 0) is 37.6 Å². The number of anilines is 2. The van der Waals surface area contributed by atoms with E-state index in [1.807, 2.05) is 12.1 Å². The van der Waals surface area contributed by atoms with Gasteiger partial charge in [-0.3, -0.25) is 4.79 Å². The summed E-state index contributed by atoms with van der Waals surface area (Å²) >= 11 is 0. The molecule has 3 rings (SSSR count). The van der Waals surface area contributed by atoms with Gasteiger partial charge in [-0.15, -0.1) is 0 Å². The number of benzene rings is 1. The zero-order valence-electron chi connectivity index (χ0n) is 9.92. The second-order valence-corrected chi connectivity index (χ2v) is 4.89. The van der Waals surface area contributed by atoms with Crippen molar-refractivity contribution in [3.8, 4) is 0 Å². The van der Waals surface area contributed by atoms with Gasteiger partial charge in [0.25, 0.3) is 0 Å². The third-order valence-electron chi connectivity index (χ3n) is 3.59. The van der Waals surface area contributed by atoms with Crippen LogP contribution in [0.25, 0.3) is 0 Å². The van der Waals surface area contributed by atoms with Crippen LogP contribution in [0, 0.1) is 12.8 Å². The first kappa shape index (κ1) is 10.6. The second kappa shape index (κ2) is 4.04. The lowest BCUT2D eigenvalue weighted by atomic mass is 9.93. The highest BCUT2D eigenvalue weighted by Gasteiger charge is 2.33. The average Bonchev–Trinajstić information content (AvgIpc) is 2.46. The Morgan fingerprint density at radius 2 is 2.18 bits per heavy atom. The van der Waals surface area contributed by atoms with Gasteiger partial charge in [-0.1, -0.05) is 6.07 Å². The van der Waals surface area contributed by atoms with Gasteiger partial charge >= 0.3 is 0 Å². The van der Waals surface area contributed by atoms with Crippen molar-refractivity contribution in [2.45, 2.75) is 19.4 Å². The van der Waals surface area contributed by atoms with Crippen LogP contribution in [0.15, 0.2) is 18.2 Å². The summed E-state index contributed by atoms with van der Waals surface area (Å²) in [4.78, 5) is 12.1. The molecular weight excluding hydrogens is 214 g/mol. The predicted octanol–water partition coefficient (Wildman–Crippen LogP) is 1.34. The molecule has 1 aromatic carbocycles. The van der Waals surface area contributed by atoms with Gasteiger partial charge in [0.05, 0.1) is 17.3 Å². The quantitative estimate of drug-likeness (QED) is 0.631. The third kappa shape index (κ3) is 1.89. The van der Waals surface area contributed by atoms with E-state index >= 15 is 0 Å². The fourth-order valence-electron chi connectivity index (χ4n) is 2.62. The number of piperidine rings is 1. The molecular formula is C13H17N3O. The van der Waals surface area contributed by atoms with Gasteiger partial charge in [-0.2, -0.15) is 0 Å². The molecule has 1 aromatic rings. The first-order valence-corrected chi connectivity index (χ1v) is 6.13. The maximum Gasteiger partial charge on any atom is 0.230 e. The minimum absolute atomic E-state index is 0.0245. The molecule has 1 saturated heterocycles. The van der Waals surface area contributed by atoms with Crippen molar-refractivity contribution in [3.05, 3.63) is 23.8 Å². The summed E-state index contributed by atoms with van der Waals surface area (Å²) in [6.07, 6.45) is 0.992. The normalized spacial score (nSPS) is 27.2. The van der Waals surface area contributed by atoms with Crippen molar-refractivity contribution in [1.82, 2.24) is 5.32 Å². The van der Waals surface area contributed by atoms with E-state index in [0.29, 0.717) is 0 Å². The van der Waals surface area contributed by atoms with Gasteiger partial charge in [0.1, 0.15) is 0 Å². The summed E-state index contributed by atoms with van der Waals surface area (Å²) in [6, 6.07) is 6.34. The number of rotatable bonds is 0. The van der Waals surface area contributed by atoms with Crippen LogP contribution in [0.1, 0.15) is 12.0 Å². The molecule has 2 atom stereocenters. The van der Waals surface area contributed by atoms with Gasteiger partial charge < -0.3 is 16.0 Å². The minimum Gasteiger partial charge on any atom is -0.380 e. The van der Waals surface area contributed by atoms with E-state index in [1.165, 1.54) is 5.56 Å². The molecule has 17 heavy (non-hydrogen) atoms. The topological polar surface area (TPSA) is 53.2 Å². The number of carbonyl (C=O) groups is 1. The van der Waals surface area contributed by atoms with E-state index in [4.69, 9.17) is 0 Å². The van der Waals surface area contributed by atoms with E-state index in [9.17, 15) is 4.79 Å². The highest BCUT2D eigenvalue weighted by atomic mass is 16.2. The van der Waals surface area contributed by atoms with Crippen LogP contribution < -0.4 is 16.0 Å². The highest BCUT2D eigenvalue weighted by Crippen LogP contribution is 2.30. The van der Waals surface area contributed by atoms with E-state index in [2.05, 4.69) is 28.9 Å². The lowest BCUT2D eigenvalue weighted by Crippen LogP contribution is -2.47. The van der Waals surface area contributed by atoms with Crippen molar-refractivity contribution >= 4 is 17.3 Å². The summed E-state index contributed by atoms with van der Waals surface area (Å²) in [5.41, 5.74) is 3.15. The van der Waals surface area contributed by atoms with Crippen LogP contribution in [0.5, 0.6) is 0 Å². The van der Waals surface area contributed by atoms with E-state index in [-0.39, 0.29) is 17.9 Å². The molecule has 0 saturated carbocycles. The molecule has 4 nitrogen and oxygen atoms in total. The molecule has 0 radical (unpaired) electrons. The molecule has 0 aliphatic carbocycles. The van der Waals surface area contributed by atoms with Gasteiger partial charge in [0.2, 0.25) is 5.91 Å². The number of fused-ring (bicyclic) bond motifs is 2. The first-order chi connectivity index (χ1) is 8.24. The Kier molecular flexibility index (Phi) is 2.52. The molecule has 2 aliphatic rings. The van der Waals surface area contributed by atoms with E-state index in [0.717, 1.165) is 30.9 Å². The lowest BCUT2D eigenvalue weighted by molar-refractivity contribution is -0.120. The van der Waals surface area contributed by atoms with Crippen molar-refractivity contribution in [3.63, 3.8) is 0 Å². The summed E-state index contributed by atoms with van der Waals surface area (Å²) in [7, 11) is 0. The van der Waals surface area contributed by atoms with Crippen molar-refractivity contribution < 1.29 is 4.79 Å². The Morgan fingerprint density at radius 3 is 3.06 bits per heavy atom. The number of carbonyl (C=O) groups excluding carboxylic acids is 1. The lowest BCUT2D eigenvalue weighted by Gasteiger charge is -2.29. The average molecular weight is 231 g/mol. The smallest absolute Gasteiger partial charge is 0.230 e. The molecule has 1 amide bonds. The number of hydrogen-bond acceptors (Lipinski definition) is 3. The minimum atomic E-state index is 0.0245. The van der Waals surface area contributed by atoms with Crippen LogP contribution in [-0.4, -0.2) is 25.0 Å². The van der Waals surface area contributed by atoms with Crippen molar-refractivity contribution in [2.75, 3.05) is 23.7 Å². The molecule has 2 aliphatic heterocycles. The number of aryl methyl sites for hydroxylation is 1. The first-order valence-electron chi connectivity index (χ1n) is 6.13. The summed E-state index contributed by atoms with van der Waals surface area (Å²) in [5.74, 6) is 0.147. The maximum absolute atomic E-state index is 12.1. The summed E-state index contributed by atoms with van der Waals surface area (Å²) in [6.45, 7) is 3.80. The Bertz CT molecular complexity index is 458. The largest absolute Gasteiger partial charge is 0.380 e. The molecule has 0 bridgehead atoms. The van der Waals surface area contributed by atoms with Crippen LogP contribution in [-0.2, 0) is 4.79 Å². The van der Waals surface area contributed by atoms with E-state index in [1.54, 1.807) is 0 Å². The maximum atomic E-state index is 12.1. The zero-order valence-corrected chi connectivity index (χ0v) is 9.92. The Balaban J connectivity index is 1.98. The molecule has 3 N–H and O–H groups in total. The van der Waals surface area contributed by atoms with Gasteiger partial charge in [0.15, 0.2) is 0 Å². The summed E-state index contributed by atoms with van der Waals surface area (Å²) < 4.78 is 0. The number of nitrogens with one attached hydrogen (secondary N) is 3. The van der Waals surface area contributed by atoms with Crippen LogP contribution in [0.3, 0.4) is 0 Å². The number of hydrogen-bond donors (Lipinski definition) is 3. The molecule has 90 valence electrons. The van der Waals surface area contributed by atoms with Gasteiger partial charge in [-0.25, -0.2) is 0 Å². The fraction of sp³-hybridized carbons (Fsp3) is 0.462. The number of amides is 1. The third-order valence-corrected chi connectivity index (χ3v) is 3.59. The second-order valence-electron chi connectivity index (χ2n) is 4.89. The van der Waals surface area contributed by atoms with Crippen LogP contribution in [0.2, 0.25) is 0 Å². The fourth-order valence-corrected chi connectivity index (χ4v) is 2.62. The molecule has 2 heterocycles.